The number of amidine groups is 1. The second kappa shape index (κ2) is 6.46. The van der Waals surface area contributed by atoms with Gasteiger partial charge < -0.3 is 20.6 Å². The van der Waals surface area contributed by atoms with Crippen LogP contribution in [-0.4, -0.2) is 43.2 Å². The second-order valence-corrected chi connectivity index (χ2v) is 4.69. The number of hydrogen-bond donors (Lipinski definition) is 2. The Labute approximate surface area is 109 Å². The summed E-state index contributed by atoms with van der Waals surface area (Å²) in [5.74, 6) is 0.636. The summed E-state index contributed by atoms with van der Waals surface area (Å²) in [6, 6.07) is 5.38. The predicted molar refractivity (Wildman–Crippen MR) is 70.7 cm³/mol. The number of oxime groups is 1. The Kier molecular flexibility index (Phi) is 5.24. The van der Waals surface area contributed by atoms with Crippen molar-refractivity contribution in [2.24, 2.45) is 10.9 Å². The van der Waals surface area contributed by atoms with Crippen LogP contribution in [-0.2, 0) is 0 Å². The molecule has 0 saturated heterocycles. The molecule has 5 nitrogen and oxygen atoms in total. The highest BCUT2D eigenvalue weighted by Gasteiger charge is 2.09. The molecule has 0 unspecified atom stereocenters. The molecule has 6 heteroatoms. The van der Waals surface area contributed by atoms with Gasteiger partial charge in [0, 0.05) is 11.0 Å². The smallest absolute Gasteiger partial charge is 0.173 e. The van der Waals surface area contributed by atoms with E-state index in [1.165, 1.54) is 0 Å². The van der Waals surface area contributed by atoms with Gasteiger partial charge in [0.25, 0.3) is 0 Å². The molecule has 0 saturated carbocycles. The van der Waals surface area contributed by atoms with Crippen LogP contribution in [0.15, 0.2) is 27.8 Å². The highest BCUT2D eigenvalue weighted by atomic mass is 79.9. The second-order valence-electron chi connectivity index (χ2n) is 3.78. The number of halogens is 1. The van der Waals surface area contributed by atoms with Crippen molar-refractivity contribution in [1.82, 2.24) is 4.90 Å². The maximum atomic E-state index is 8.70. The van der Waals surface area contributed by atoms with E-state index in [-0.39, 0.29) is 5.84 Å². The van der Waals surface area contributed by atoms with Gasteiger partial charge in [0.1, 0.15) is 12.4 Å². The van der Waals surface area contributed by atoms with E-state index in [4.69, 9.17) is 15.7 Å². The lowest BCUT2D eigenvalue weighted by atomic mass is 10.2. The molecule has 0 spiro atoms. The van der Waals surface area contributed by atoms with Crippen LogP contribution in [0.2, 0.25) is 0 Å². The Morgan fingerprint density at radius 2 is 2.24 bits per heavy atom. The fraction of sp³-hybridized carbons (Fsp3) is 0.364. The summed E-state index contributed by atoms with van der Waals surface area (Å²) in [6.07, 6.45) is 0. The van der Waals surface area contributed by atoms with Crippen LogP contribution in [0.25, 0.3) is 0 Å². The highest BCUT2D eigenvalue weighted by Crippen LogP contribution is 2.23. The van der Waals surface area contributed by atoms with Gasteiger partial charge in [-0.3, -0.25) is 0 Å². The molecule has 1 aromatic carbocycles. The molecular formula is C11H16BrN3O2. The van der Waals surface area contributed by atoms with Crippen LogP contribution in [0.4, 0.5) is 0 Å². The first-order chi connectivity index (χ1) is 8.04. The minimum atomic E-state index is 0.0335. The van der Waals surface area contributed by atoms with E-state index in [0.29, 0.717) is 17.9 Å². The fourth-order valence-corrected chi connectivity index (χ4v) is 1.58. The monoisotopic (exact) mass is 301 g/mol. The summed E-state index contributed by atoms with van der Waals surface area (Å²) in [7, 11) is 3.94. The largest absolute Gasteiger partial charge is 0.491 e. The number of rotatable bonds is 5. The molecule has 0 aliphatic rings. The van der Waals surface area contributed by atoms with Crippen LogP contribution in [0.1, 0.15) is 5.56 Å². The zero-order valence-corrected chi connectivity index (χ0v) is 11.4. The number of benzene rings is 1. The predicted octanol–water partition coefficient (Wildman–Crippen LogP) is 1.48. The molecule has 17 heavy (non-hydrogen) atoms. The molecule has 1 aromatic rings. The molecule has 0 radical (unpaired) electrons. The maximum Gasteiger partial charge on any atom is 0.173 e. The van der Waals surface area contributed by atoms with Crippen molar-refractivity contribution in [3.63, 3.8) is 0 Å². The van der Waals surface area contributed by atoms with Gasteiger partial charge in [0.05, 0.1) is 5.56 Å². The van der Waals surface area contributed by atoms with Crippen LogP contribution in [0.3, 0.4) is 0 Å². The van der Waals surface area contributed by atoms with Crippen LogP contribution < -0.4 is 10.5 Å². The topological polar surface area (TPSA) is 71.1 Å². The first kappa shape index (κ1) is 13.8. The molecule has 0 aromatic heterocycles. The SMILES string of the molecule is CN(C)CCOc1ccc(Br)cc1/C(N)=N/O. The third-order valence-corrected chi connectivity index (χ3v) is 2.61. The molecule has 3 N–H and O–H groups in total. The third-order valence-electron chi connectivity index (χ3n) is 2.12. The van der Waals surface area contributed by atoms with Gasteiger partial charge in [-0.1, -0.05) is 21.1 Å². The molecule has 0 fully saturated rings. The van der Waals surface area contributed by atoms with Crippen molar-refractivity contribution in [1.29, 1.82) is 0 Å². The molecule has 0 atom stereocenters. The summed E-state index contributed by atoms with van der Waals surface area (Å²) >= 11 is 3.33. The van der Waals surface area contributed by atoms with Gasteiger partial charge in [0.2, 0.25) is 0 Å². The number of hydrogen-bond acceptors (Lipinski definition) is 4. The minimum absolute atomic E-state index is 0.0335. The minimum Gasteiger partial charge on any atom is -0.491 e. The zero-order valence-electron chi connectivity index (χ0n) is 9.85. The summed E-state index contributed by atoms with van der Waals surface area (Å²) in [5.41, 5.74) is 6.15. The van der Waals surface area contributed by atoms with Crippen molar-refractivity contribution < 1.29 is 9.94 Å². The van der Waals surface area contributed by atoms with Crippen molar-refractivity contribution in [2.45, 2.75) is 0 Å². The average Bonchev–Trinajstić information content (AvgIpc) is 2.29. The number of nitrogens with two attached hydrogens (primary N) is 1. The molecule has 0 aliphatic heterocycles. The van der Waals surface area contributed by atoms with E-state index in [1.807, 2.05) is 25.1 Å². The summed E-state index contributed by atoms with van der Waals surface area (Å²) in [6.45, 7) is 1.34. The molecule has 0 bridgehead atoms. The molecule has 0 heterocycles. The standard InChI is InChI=1S/C11H16BrN3O2/c1-15(2)5-6-17-10-4-3-8(12)7-9(10)11(13)14-16/h3-4,7,16H,5-6H2,1-2H3,(H2,13,14). The number of nitrogens with zero attached hydrogens (tertiary/aromatic N) is 2. The Morgan fingerprint density at radius 1 is 1.53 bits per heavy atom. The number of ether oxygens (including phenoxy) is 1. The van der Waals surface area contributed by atoms with E-state index in [9.17, 15) is 0 Å². The lowest BCUT2D eigenvalue weighted by Gasteiger charge is -2.13. The van der Waals surface area contributed by atoms with Gasteiger partial charge in [0.15, 0.2) is 5.84 Å². The Balaban J connectivity index is 2.83. The van der Waals surface area contributed by atoms with Gasteiger partial charge in [-0.15, -0.1) is 0 Å². The molecule has 1 rings (SSSR count). The maximum absolute atomic E-state index is 8.70. The van der Waals surface area contributed by atoms with Crippen molar-refractivity contribution in [3.8, 4) is 5.75 Å². The lowest BCUT2D eigenvalue weighted by molar-refractivity contribution is 0.260. The number of likely N-dealkylation sites (N-methyl/N-ethyl adjacent to an activating group) is 1. The summed E-state index contributed by atoms with van der Waals surface area (Å²) < 4.78 is 6.44. The average molecular weight is 302 g/mol. The van der Waals surface area contributed by atoms with E-state index < -0.39 is 0 Å². The van der Waals surface area contributed by atoms with Gasteiger partial charge in [-0.25, -0.2) is 0 Å². The van der Waals surface area contributed by atoms with Crippen molar-refractivity contribution in [2.75, 3.05) is 27.2 Å². The Bertz CT molecular complexity index is 408. The normalized spacial score (nSPS) is 11.9. The molecule has 0 amide bonds. The summed E-state index contributed by atoms with van der Waals surface area (Å²) in [4.78, 5) is 2.02. The van der Waals surface area contributed by atoms with Crippen molar-refractivity contribution in [3.05, 3.63) is 28.2 Å². The Morgan fingerprint density at radius 3 is 2.82 bits per heavy atom. The lowest BCUT2D eigenvalue weighted by Crippen LogP contribution is -2.21. The van der Waals surface area contributed by atoms with E-state index in [2.05, 4.69) is 21.1 Å². The molecular weight excluding hydrogens is 286 g/mol. The molecule has 94 valence electrons. The zero-order chi connectivity index (χ0) is 12.8. The van der Waals surface area contributed by atoms with E-state index >= 15 is 0 Å². The van der Waals surface area contributed by atoms with E-state index in [1.54, 1.807) is 12.1 Å². The fourth-order valence-electron chi connectivity index (χ4n) is 1.22. The summed E-state index contributed by atoms with van der Waals surface area (Å²) in [5, 5.41) is 11.7. The van der Waals surface area contributed by atoms with Gasteiger partial charge >= 0.3 is 0 Å². The van der Waals surface area contributed by atoms with Crippen molar-refractivity contribution >= 4 is 21.8 Å². The van der Waals surface area contributed by atoms with Gasteiger partial charge in [-0.2, -0.15) is 0 Å². The van der Waals surface area contributed by atoms with Crippen LogP contribution >= 0.6 is 15.9 Å². The first-order valence-corrected chi connectivity index (χ1v) is 5.89. The molecule has 0 aliphatic carbocycles. The Hall–Kier alpha value is -1.27. The first-order valence-electron chi connectivity index (χ1n) is 5.09. The van der Waals surface area contributed by atoms with Crippen LogP contribution in [0.5, 0.6) is 5.75 Å². The van der Waals surface area contributed by atoms with Crippen LogP contribution in [0, 0.1) is 0 Å². The highest BCUT2D eigenvalue weighted by molar-refractivity contribution is 9.10. The van der Waals surface area contributed by atoms with Gasteiger partial charge in [-0.05, 0) is 32.3 Å². The quantitative estimate of drug-likeness (QED) is 0.374. The third kappa shape index (κ3) is 4.24. The van der Waals surface area contributed by atoms with E-state index in [0.717, 1.165) is 11.0 Å².